The van der Waals surface area contributed by atoms with Gasteiger partial charge in [-0.3, -0.25) is 4.68 Å². The summed E-state index contributed by atoms with van der Waals surface area (Å²) in [6, 6.07) is 1.92. The summed E-state index contributed by atoms with van der Waals surface area (Å²) in [4.78, 5) is 0. The maximum absolute atomic E-state index is 5.89. The zero-order chi connectivity index (χ0) is 12.4. The molecule has 2 aromatic heterocycles. The predicted molar refractivity (Wildman–Crippen MR) is 67.9 cm³/mol. The van der Waals surface area contributed by atoms with Crippen molar-refractivity contribution >= 4 is 34.6 Å². The molecule has 0 spiro atoms. The topological polar surface area (TPSA) is 55.6 Å². The Morgan fingerprint density at radius 1 is 1.29 bits per heavy atom. The largest absolute Gasteiger partial charge is 0.350 e. The maximum Gasteiger partial charge on any atom is 0.175 e. The van der Waals surface area contributed by atoms with Crippen molar-refractivity contribution in [2.24, 2.45) is 0 Å². The zero-order valence-corrected chi connectivity index (χ0v) is 10.9. The zero-order valence-electron chi connectivity index (χ0n) is 9.35. The van der Waals surface area contributed by atoms with E-state index in [4.69, 9.17) is 23.2 Å². The summed E-state index contributed by atoms with van der Waals surface area (Å²) < 4.78 is 1.84. The van der Waals surface area contributed by atoms with Crippen molar-refractivity contribution in [2.45, 2.75) is 19.9 Å². The van der Waals surface area contributed by atoms with Crippen LogP contribution in [-0.4, -0.2) is 20.0 Å². The Morgan fingerprint density at radius 2 is 2.06 bits per heavy atom. The van der Waals surface area contributed by atoms with Gasteiger partial charge in [0.1, 0.15) is 0 Å². The Morgan fingerprint density at radius 3 is 2.71 bits per heavy atom. The molecule has 0 aliphatic rings. The fourth-order valence-corrected chi connectivity index (χ4v) is 1.57. The van der Waals surface area contributed by atoms with Crippen LogP contribution in [0.4, 0.5) is 11.4 Å². The van der Waals surface area contributed by atoms with Crippen LogP contribution in [0.5, 0.6) is 0 Å². The fourth-order valence-electron chi connectivity index (χ4n) is 1.28. The third kappa shape index (κ3) is 2.87. The lowest BCUT2D eigenvalue weighted by molar-refractivity contribution is 0.532. The molecule has 0 fully saturated rings. The summed E-state index contributed by atoms with van der Waals surface area (Å²) in [5.74, 6) is 0. The van der Waals surface area contributed by atoms with E-state index in [2.05, 4.69) is 34.5 Å². The molecule has 0 saturated heterocycles. The van der Waals surface area contributed by atoms with Gasteiger partial charge in [-0.1, -0.05) is 23.2 Å². The molecule has 17 heavy (non-hydrogen) atoms. The maximum atomic E-state index is 5.89. The van der Waals surface area contributed by atoms with Crippen LogP contribution in [0.25, 0.3) is 0 Å². The van der Waals surface area contributed by atoms with Crippen molar-refractivity contribution < 1.29 is 0 Å². The third-order valence-electron chi connectivity index (χ3n) is 2.13. The monoisotopic (exact) mass is 271 g/mol. The average molecular weight is 272 g/mol. The van der Waals surface area contributed by atoms with Crippen LogP contribution >= 0.6 is 23.2 Å². The van der Waals surface area contributed by atoms with Gasteiger partial charge in [-0.2, -0.15) is 5.10 Å². The van der Waals surface area contributed by atoms with Gasteiger partial charge < -0.3 is 5.32 Å². The smallest absolute Gasteiger partial charge is 0.175 e. The van der Waals surface area contributed by atoms with Crippen molar-refractivity contribution in [3.63, 3.8) is 0 Å². The lowest BCUT2D eigenvalue weighted by Gasteiger charge is -2.05. The Bertz CT molecular complexity index is 523. The van der Waals surface area contributed by atoms with Gasteiger partial charge in [-0.25, -0.2) is 0 Å². The van der Waals surface area contributed by atoms with Crippen LogP contribution < -0.4 is 5.32 Å². The minimum Gasteiger partial charge on any atom is -0.350 e. The normalized spacial score (nSPS) is 10.9. The molecule has 7 heteroatoms. The molecular formula is C10H11Cl2N5. The van der Waals surface area contributed by atoms with Gasteiger partial charge in [0.15, 0.2) is 10.3 Å². The van der Waals surface area contributed by atoms with E-state index in [1.807, 2.05) is 10.9 Å². The number of halogens is 2. The molecule has 5 nitrogen and oxygen atoms in total. The first-order valence-electron chi connectivity index (χ1n) is 5.06. The van der Waals surface area contributed by atoms with E-state index in [-0.39, 0.29) is 10.3 Å². The summed E-state index contributed by atoms with van der Waals surface area (Å²) in [7, 11) is 0. The first kappa shape index (κ1) is 12.1. The quantitative estimate of drug-likeness (QED) is 0.931. The third-order valence-corrected chi connectivity index (χ3v) is 2.59. The molecule has 2 aromatic rings. The highest BCUT2D eigenvalue weighted by molar-refractivity contribution is 6.33. The van der Waals surface area contributed by atoms with E-state index < -0.39 is 0 Å². The number of aromatic nitrogens is 4. The highest BCUT2D eigenvalue weighted by Crippen LogP contribution is 2.24. The molecule has 0 amide bonds. The Labute approximate surface area is 109 Å². The molecule has 0 bridgehead atoms. The molecule has 0 atom stereocenters. The number of rotatable bonds is 3. The van der Waals surface area contributed by atoms with Gasteiger partial charge >= 0.3 is 0 Å². The molecule has 2 heterocycles. The highest BCUT2D eigenvalue weighted by Gasteiger charge is 2.06. The summed E-state index contributed by atoms with van der Waals surface area (Å²) in [6.45, 7) is 4.10. The summed E-state index contributed by atoms with van der Waals surface area (Å²) in [6.07, 6.45) is 3.60. The molecular weight excluding hydrogens is 261 g/mol. The molecule has 1 N–H and O–H groups in total. The second-order valence-electron chi connectivity index (χ2n) is 3.80. The highest BCUT2D eigenvalue weighted by atomic mass is 35.5. The molecule has 0 aliphatic carbocycles. The first-order chi connectivity index (χ1) is 8.06. The van der Waals surface area contributed by atoms with Crippen molar-refractivity contribution in [2.75, 3.05) is 5.32 Å². The van der Waals surface area contributed by atoms with Crippen LogP contribution in [0, 0.1) is 0 Å². The molecule has 0 radical (unpaired) electrons. The molecule has 90 valence electrons. The number of nitrogens with zero attached hydrogens (tertiary/aromatic N) is 4. The van der Waals surface area contributed by atoms with Gasteiger partial charge in [-0.05, 0) is 13.8 Å². The van der Waals surface area contributed by atoms with Gasteiger partial charge in [0, 0.05) is 18.3 Å². The van der Waals surface area contributed by atoms with E-state index in [1.165, 1.54) is 0 Å². The molecule has 0 aromatic carbocycles. The van der Waals surface area contributed by atoms with Crippen LogP contribution in [0.2, 0.25) is 10.3 Å². The van der Waals surface area contributed by atoms with E-state index in [0.29, 0.717) is 11.7 Å². The van der Waals surface area contributed by atoms with Crippen LogP contribution in [0.15, 0.2) is 18.5 Å². The van der Waals surface area contributed by atoms with Gasteiger partial charge in [0.25, 0.3) is 0 Å². The molecule has 0 aliphatic heterocycles. The average Bonchev–Trinajstić information content (AvgIpc) is 2.72. The standard InChI is InChI=1S/C10H11Cl2N5/c1-6(2)17-5-7(4-13-17)14-8-3-9(11)15-16-10(8)12/h3-6H,1-2H3,(H,14,15). The SMILES string of the molecule is CC(C)n1cc(Nc2cc(Cl)nnc2Cl)cn1. The number of anilines is 2. The van der Waals surface area contributed by atoms with Gasteiger partial charge in [0.05, 0.1) is 17.6 Å². The Balaban J connectivity index is 2.22. The second-order valence-corrected chi connectivity index (χ2v) is 4.54. The summed E-state index contributed by atoms with van der Waals surface area (Å²) in [5.41, 5.74) is 1.43. The van der Waals surface area contributed by atoms with Gasteiger partial charge in [0.2, 0.25) is 0 Å². The van der Waals surface area contributed by atoms with Crippen LogP contribution in [0.1, 0.15) is 19.9 Å². The number of nitrogens with one attached hydrogen (secondary N) is 1. The summed E-state index contributed by atoms with van der Waals surface area (Å²) >= 11 is 11.6. The van der Waals surface area contributed by atoms with Crippen molar-refractivity contribution in [1.82, 2.24) is 20.0 Å². The van der Waals surface area contributed by atoms with Crippen molar-refractivity contribution in [3.8, 4) is 0 Å². The van der Waals surface area contributed by atoms with E-state index >= 15 is 0 Å². The Hall–Kier alpha value is -1.33. The number of hydrogen-bond acceptors (Lipinski definition) is 4. The minimum absolute atomic E-state index is 0.270. The van der Waals surface area contributed by atoms with Crippen LogP contribution in [0.3, 0.4) is 0 Å². The molecule has 0 unspecified atom stereocenters. The van der Waals surface area contributed by atoms with Crippen LogP contribution in [-0.2, 0) is 0 Å². The minimum atomic E-state index is 0.270. The van der Waals surface area contributed by atoms with E-state index in [0.717, 1.165) is 5.69 Å². The lowest BCUT2D eigenvalue weighted by atomic mass is 10.4. The molecule has 0 saturated carbocycles. The van der Waals surface area contributed by atoms with Crippen molar-refractivity contribution in [1.29, 1.82) is 0 Å². The summed E-state index contributed by atoms with van der Waals surface area (Å²) in [5, 5.41) is 15.2. The van der Waals surface area contributed by atoms with E-state index in [1.54, 1.807) is 12.3 Å². The lowest BCUT2D eigenvalue weighted by Crippen LogP contribution is -2.00. The Kier molecular flexibility index (Phi) is 3.49. The van der Waals surface area contributed by atoms with Gasteiger partial charge in [-0.15, -0.1) is 10.2 Å². The second kappa shape index (κ2) is 4.89. The van der Waals surface area contributed by atoms with E-state index in [9.17, 15) is 0 Å². The predicted octanol–water partition coefficient (Wildman–Crippen LogP) is 3.30. The molecule has 2 rings (SSSR count). The fraction of sp³-hybridized carbons (Fsp3) is 0.300. The number of hydrogen-bond donors (Lipinski definition) is 1. The first-order valence-corrected chi connectivity index (χ1v) is 5.82. The van der Waals surface area contributed by atoms with Crippen molar-refractivity contribution in [3.05, 3.63) is 28.8 Å².